The lowest BCUT2D eigenvalue weighted by Gasteiger charge is -2.46. The van der Waals surface area contributed by atoms with Crippen LogP contribution in [0.2, 0.25) is 5.02 Å². The molecule has 6 aromatic rings. The first-order chi connectivity index (χ1) is 27.6. The first-order valence-electron chi connectivity index (χ1n) is 19.4. The van der Waals surface area contributed by atoms with Gasteiger partial charge in [0.05, 0.1) is 39.6 Å². The number of benzene rings is 6. The molecule has 6 nitrogen and oxygen atoms in total. The van der Waals surface area contributed by atoms with Gasteiger partial charge in [0, 0.05) is 5.02 Å². The van der Waals surface area contributed by atoms with Crippen molar-refractivity contribution < 1.29 is 28.4 Å². The Morgan fingerprint density at radius 2 is 1.02 bits per heavy atom. The zero-order chi connectivity index (χ0) is 38.4. The molecule has 0 saturated carbocycles. The number of halogens is 1. The predicted molar refractivity (Wildman–Crippen MR) is 221 cm³/mol. The van der Waals surface area contributed by atoms with Crippen molar-refractivity contribution >= 4 is 11.6 Å². The molecule has 7 heteroatoms. The van der Waals surface area contributed by atoms with Crippen molar-refractivity contribution in [1.29, 1.82) is 0 Å². The molecule has 7 rings (SSSR count). The molecule has 1 heterocycles. The minimum atomic E-state index is -0.551. The highest BCUT2D eigenvalue weighted by atomic mass is 35.5. The van der Waals surface area contributed by atoms with Gasteiger partial charge < -0.3 is 28.4 Å². The fourth-order valence-corrected chi connectivity index (χ4v) is 7.24. The zero-order valence-electron chi connectivity index (χ0n) is 31.8. The highest BCUT2D eigenvalue weighted by Gasteiger charge is 2.49. The molecule has 1 aliphatic heterocycles. The van der Waals surface area contributed by atoms with E-state index in [4.69, 9.17) is 40.0 Å². The molecule has 1 fully saturated rings. The van der Waals surface area contributed by atoms with Gasteiger partial charge in [-0.05, 0) is 70.5 Å². The molecule has 0 amide bonds. The molecule has 288 valence electrons. The fourth-order valence-electron chi connectivity index (χ4n) is 7.05. The van der Waals surface area contributed by atoms with Crippen molar-refractivity contribution in [3.8, 4) is 5.75 Å². The van der Waals surface area contributed by atoms with Gasteiger partial charge in [0.1, 0.15) is 36.3 Å². The van der Waals surface area contributed by atoms with E-state index in [-0.39, 0.29) is 6.61 Å². The van der Waals surface area contributed by atoms with E-state index in [2.05, 4.69) is 66.7 Å². The van der Waals surface area contributed by atoms with E-state index in [9.17, 15) is 0 Å². The Labute approximate surface area is 335 Å². The van der Waals surface area contributed by atoms with Crippen LogP contribution >= 0.6 is 11.6 Å². The lowest BCUT2D eigenvalue weighted by molar-refractivity contribution is -0.275. The minimum absolute atomic E-state index is 0.286. The van der Waals surface area contributed by atoms with Gasteiger partial charge in [0.2, 0.25) is 0 Å². The van der Waals surface area contributed by atoms with Crippen molar-refractivity contribution in [2.75, 3.05) is 13.2 Å². The van der Waals surface area contributed by atoms with Crippen LogP contribution in [-0.2, 0) is 56.5 Å². The first-order valence-corrected chi connectivity index (χ1v) is 19.7. The summed E-state index contributed by atoms with van der Waals surface area (Å²) in [7, 11) is 0. The second kappa shape index (κ2) is 20.4. The van der Waals surface area contributed by atoms with E-state index >= 15 is 0 Å². The molecule has 0 aromatic heterocycles. The molecular formula is C49H49ClO6. The van der Waals surface area contributed by atoms with E-state index in [1.165, 1.54) is 0 Å². The van der Waals surface area contributed by atoms with Crippen LogP contribution in [0.4, 0.5) is 0 Å². The average Bonchev–Trinajstić information content (AvgIpc) is 3.25. The molecular weight excluding hydrogens is 720 g/mol. The van der Waals surface area contributed by atoms with Crippen LogP contribution in [0.25, 0.3) is 0 Å². The van der Waals surface area contributed by atoms with Gasteiger partial charge >= 0.3 is 0 Å². The summed E-state index contributed by atoms with van der Waals surface area (Å²) < 4.78 is 40.1. The molecule has 1 saturated heterocycles. The topological polar surface area (TPSA) is 55.4 Å². The molecule has 0 aliphatic carbocycles. The Balaban J connectivity index is 1.25. The smallest absolute Gasteiger partial charge is 0.119 e. The lowest BCUT2D eigenvalue weighted by atomic mass is 9.89. The van der Waals surface area contributed by atoms with Gasteiger partial charge in [-0.25, -0.2) is 0 Å². The quantitative estimate of drug-likeness (QED) is 0.0868. The molecule has 0 N–H and O–H groups in total. The van der Waals surface area contributed by atoms with Crippen LogP contribution in [0.5, 0.6) is 5.75 Å². The van der Waals surface area contributed by atoms with Gasteiger partial charge in [-0.3, -0.25) is 0 Å². The summed E-state index contributed by atoms with van der Waals surface area (Å²) in [4.78, 5) is 0. The van der Waals surface area contributed by atoms with E-state index in [1.807, 2.05) is 104 Å². The molecule has 0 bridgehead atoms. The molecule has 6 aromatic carbocycles. The van der Waals surface area contributed by atoms with Crippen LogP contribution < -0.4 is 4.74 Å². The molecule has 5 atom stereocenters. The lowest BCUT2D eigenvalue weighted by Crippen LogP contribution is -2.58. The maximum absolute atomic E-state index is 7.17. The Bertz CT molecular complexity index is 2030. The molecule has 56 heavy (non-hydrogen) atoms. The minimum Gasteiger partial charge on any atom is -0.494 e. The Kier molecular flexibility index (Phi) is 14.4. The summed E-state index contributed by atoms with van der Waals surface area (Å²) in [5.74, 6) is 0.844. The summed E-state index contributed by atoms with van der Waals surface area (Å²) >= 11 is 6.91. The SMILES string of the molecule is CCOc1ccc(Cc2cc([C@@H]3O[C@H](COCc4ccccc4)[C@@H](OCc4ccccc4)[C@@H](OCc4ccccc4)[C@H]3OCc3ccccc3)ccc2Cl)cc1. The third kappa shape index (κ3) is 10.9. The fraction of sp³-hybridized carbons (Fsp3) is 0.265. The normalized spacial score (nSPS) is 19.4. The van der Waals surface area contributed by atoms with Crippen molar-refractivity contribution in [2.45, 2.75) is 70.3 Å². The second-order valence-electron chi connectivity index (χ2n) is 14.0. The standard InChI is InChI=1S/C49H49ClO6/c1-2-52-43-26-23-36(24-27-43)29-42-30-41(25-28-44(42)50)46-48(54-33-39-19-11-5-12-20-39)49(55-34-40-21-13-6-14-22-40)47(53-32-38-17-9-4-10-18-38)45(56-46)35-51-31-37-15-7-3-8-16-37/h3-28,30,45-49H,2,29,31-35H2,1H3/t45-,46+,47-,48+,49-/m1/s1. The van der Waals surface area contributed by atoms with Crippen LogP contribution in [-0.4, -0.2) is 37.6 Å². The van der Waals surface area contributed by atoms with Gasteiger partial charge in [0.25, 0.3) is 0 Å². The Morgan fingerprint density at radius 1 is 0.518 bits per heavy atom. The number of hydrogen-bond donors (Lipinski definition) is 0. The monoisotopic (exact) mass is 768 g/mol. The largest absolute Gasteiger partial charge is 0.494 e. The van der Waals surface area contributed by atoms with Gasteiger partial charge in [-0.2, -0.15) is 0 Å². The van der Waals surface area contributed by atoms with E-state index in [0.717, 1.165) is 44.7 Å². The summed E-state index contributed by atoms with van der Waals surface area (Å²) in [5, 5.41) is 0.684. The highest BCUT2D eigenvalue weighted by molar-refractivity contribution is 6.31. The molecule has 0 radical (unpaired) electrons. The average molecular weight is 769 g/mol. The summed E-state index contributed by atoms with van der Waals surface area (Å²) in [5.41, 5.74) is 7.30. The summed E-state index contributed by atoms with van der Waals surface area (Å²) in [6, 6.07) is 55.0. The summed E-state index contributed by atoms with van der Waals surface area (Å²) in [6.07, 6.45) is -1.99. The van der Waals surface area contributed by atoms with Crippen molar-refractivity contribution in [2.24, 2.45) is 0 Å². The number of hydrogen-bond acceptors (Lipinski definition) is 6. The van der Waals surface area contributed by atoms with E-state index in [1.54, 1.807) is 0 Å². The number of rotatable bonds is 18. The van der Waals surface area contributed by atoms with Crippen molar-refractivity contribution in [3.05, 3.63) is 208 Å². The number of ether oxygens (including phenoxy) is 6. The van der Waals surface area contributed by atoms with Gasteiger partial charge in [-0.1, -0.05) is 157 Å². The molecule has 1 aliphatic rings. The van der Waals surface area contributed by atoms with Crippen LogP contribution in [0.15, 0.2) is 164 Å². The molecule has 0 spiro atoms. The van der Waals surface area contributed by atoms with E-state index < -0.39 is 30.5 Å². The van der Waals surface area contributed by atoms with Crippen molar-refractivity contribution in [1.82, 2.24) is 0 Å². The first kappa shape index (κ1) is 39.4. The Hall–Kier alpha value is -4.79. The second-order valence-corrected chi connectivity index (χ2v) is 14.4. The third-order valence-electron chi connectivity index (χ3n) is 9.91. The maximum Gasteiger partial charge on any atom is 0.119 e. The third-order valence-corrected chi connectivity index (χ3v) is 10.3. The van der Waals surface area contributed by atoms with Crippen LogP contribution in [0.1, 0.15) is 52.0 Å². The Morgan fingerprint density at radius 3 is 1.55 bits per heavy atom. The van der Waals surface area contributed by atoms with Crippen LogP contribution in [0.3, 0.4) is 0 Å². The highest BCUT2D eigenvalue weighted by Crippen LogP contribution is 2.40. The predicted octanol–water partition coefficient (Wildman–Crippen LogP) is 10.7. The molecule has 0 unspecified atom stereocenters. The van der Waals surface area contributed by atoms with Crippen LogP contribution in [0, 0.1) is 0 Å². The van der Waals surface area contributed by atoms with Gasteiger partial charge in [-0.15, -0.1) is 0 Å². The zero-order valence-corrected chi connectivity index (χ0v) is 32.5. The summed E-state index contributed by atoms with van der Waals surface area (Å²) in [6.45, 7) is 4.44. The van der Waals surface area contributed by atoms with E-state index in [0.29, 0.717) is 44.5 Å². The van der Waals surface area contributed by atoms with Gasteiger partial charge in [0.15, 0.2) is 0 Å². The maximum atomic E-state index is 7.17. The van der Waals surface area contributed by atoms with Crippen molar-refractivity contribution in [3.63, 3.8) is 0 Å².